The molecule has 0 saturated carbocycles. The second kappa shape index (κ2) is 10.5. The first-order valence-corrected chi connectivity index (χ1v) is 10.2. The van der Waals surface area contributed by atoms with Crippen molar-refractivity contribution in [1.29, 1.82) is 0 Å². The third kappa shape index (κ3) is 5.37. The van der Waals surface area contributed by atoms with Crippen LogP contribution in [0.1, 0.15) is 23.2 Å². The molecule has 0 unspecified atom stereocenters. The van der Waals surface area contributed by atoms with Crippen molar-refractivity contribution in [2.45, 2.75) is 24.9 Å². The van der Waals surface area contributed by atoms with Crippen LogP contribution in [0.2, 0.25) is 0 Å². The van der Waals surface area contributed by atoms with Gasteiger partial charge in [-0.1, -0.05) is 0 Å². The van der Waals surface area contributed by atoms with Crippen molar-refractivity contribution in [2.75, 3.05) is 40.6 Å². The molecule has 0 spiro atoms. The monoisotopic (exact) mass is 495 g/mol. The molecule has 174 valence electrons. The van der Waals surface area contributed by atoms with Crippen LogP contribution in [0.5, 0.6) is 0 Å². The van der Waals surface area contributed by atoms with Crippen molar-refractivity contribution < 1.29 is 24.6 Å². The summed E-state index contributed by atoms with van der Waals surface area (Å²) >= 11 is 0. The Hall–Kier alpha value is -3.03. The number of aliphatic carboxylic acids is 2. The van der Waals surface area contributed by atoms with Gasteiger partial charge in [0.2, 0.25) is 5.95 Å². The van der Waals surface area contributed by atoms with Gasteiger partial charge in [-0.25, -0.2) is 0 Å². The van der Waals surface area contributed by atoms with Crippen LogP contribution < -0.4 is 41.9 Å². The SMILES string of the molecule is Nc1nc2c(c(=O)[nH]1)N1CN(c3ccc(C(=O)N[C@@H](CCC(=O)[O-])C(=O)[O-])cc3)C[C@H]1CN2.[Ca+2]. The average molecular weight is 496 g/mol. The summed E-state index contributed by atoms with van der Waals surface area (Å²) < 4.78 is 0. The zero-order chi connectivity index (χ0) is 23.7. The van der Waals surface area contributed by atoms with Crippen LogP contribution in [0.3, 0.4) is 0 Å². The Morgan fingerprint density at radius 3 is 2.59 bits per heavy atom. The molecule has 1 saturated heterocycles. The number of nitrogen functional groups attached to an aromatic ring is 1. The van der Waals surface area contributed by atoms with Gasteiger partial charge in [0.1, 0.15) is 5.69 Å². The minimum Gasteiger partial charge on any atom is -0.550 e. The Kier molecular flexibility index (Phi) is 7.89. The maximum atomic E-state index is 12.4. The number of carbonyl (C=O) groups is 3. The van der Waals surface area contributed by atoms with E-state index in [1.807, 2.05) is 9.80 Å². The summed E-state index contributed by atoms with van der Waals surface area (Å²) in [5.74, 6) is -3.19. The molecule has 13 nitrogen and oxygen atoms in total. The molecule has 4 rings (SSSR count). The van der Waals surface area contributed by atoms with E-state index >= 15 is 0 Å². The van der Waals surface area contributed by atoms with Gasteiger partial charge in [-0.05, 0) is 37.1 Å². The number of benzene rings is 1. The van der Waals surface area contributed by atoms with E-state index < -0.39 is 30.3 Å². The molecular formula is C20H21CaN7O6. The molecule has 14 heteroatoms. The van der Waals surface area contributed by atoms with Crippen molar-refractivity contribution in [2.24, 2.45) is 0 Å². The molecule has 0 aliphatic carbocycles. The number of carboxylic acids is 2. The van der Waals surface area contributed by atoms with E-state index in [2.05, 4.69) is 20.6 Å². The smallest absolute Gasteiger partial charge is 0.550 e. The van der Waals surface area contributed by atoms with Gasteiger partial charge in [0, 0.05) is 30.3 Å². The fourth-order valence-corrected chi connectivity index (χ4v) is 3.99. The van der Waals surface area contributed by atoms with Gasteiger partial charge < -0.3 is 46.0 Å². The number of hydrogen-bond acceptors (Lipinski definition) is 11. The van der Waals surface area contributed by atoms with E-state index in [0.29, 0.717) is 31.3 Å². The standard InChI is InChI=1S/C20H23N7O6.Ca/c21-20-24-16-15(18(31)25-20)27-9-26(8-12(27)7-22-16)11-3-1-10(2-4-11)17(30)23-13(19(32)33)5-6-14(28)29;/h1-4,12-13H,5-9H2,(H,23,30)(H,28,29)(H,32,33)(H4,21,22,24,25,31);/q;+2/p-2/t12-,13+;/m1./s1. The number of hydrogen-bond donors (Lipinski definition) is 4. The minimum absolute atomic E-state index is 0. The van der Waals surface area contributed by atoms with Crippen LogP contribution in [0.4, 0.5) is 23.1 Å². The number of nitrogens with zero attached hydrogens (tertiary/aromatic N) is 3. The zero-order valence-electron chi connectivity index (χ0n) is 18.1. The maximum absolute atomic E-state index is 12.4. The number of amides is 1. The Morgan fingerprint density at radius 1 is 1.24 bits per heavy atom. The molecule has 1 aromatic carbocycles. The van der Waals surface area contributed by atoms with E-state index in [9.17, 15) is 29.4 Å². The largest absolute Gasteiger partial charge is 2.00 e. The Bertz CT molecular complexity index is 1160. The first kappa shape index (κ1) is 25.6. The topological polar surface area (TPSA) is 200 Å². The first-order valence-electron chi connectivity index (χ1n) is 10.2. The molecule has 1 amide bonds. The number of nitrogens with two attached hydrogens (primary N) is 1. The number of aromatic nitrogens is 2. The van der Waals surface area contributed by atoms with Gasteiger partial charge in [-0.2, -0.15) is 4.98 Å². The molecule has 2 aromatic rings. The molecule has 2 aliphatic heterocycles. The van der Waals surface area contributed by atoms with Crippen molar-refractivity contribution >= 4 is 78.7 Å². The van der Waals surface area contributed by atoms with E-state index in [4.69, 9.17) is 5.73 Å². The van der Waals surface area contributed by atoms with Crippen LogP contribution in [0.25, 0.3) is 0 Å². The third-order valence-corrected chi connectivity index (χ3v) is 5.62. The molecule has 1 fully saturated rings. The van der Waals surface area contributed by atoms with Crippen LogP contribution >= 0.6 is 0 Å². The normalized spacial score (nSPS) is 17.0. The summed E-state index contributed by atoms with van der Waals surface area (Å²) in [5.41, 5.74) is 6.72. The van der Waals surface area contributed by atoms with Gasteiger partial charge in [0.15, 0.2) is 5.82 Å². The first-order chi connectivity index (χ1) is 15.7. The van der Waals surface area contributed by atoms with Crippen LogP contribution in [0, 0.1) is 0 Å². The molecule has 5 N–H and O–H groups in total. The van der Waals surface area contributed by atoms with E-state index in [1.165, 1.54) is 12.1 Å². The second-order valence-corrected chi connectivity index (χ2v) is 7.82. The summed E-state index contributed by atoms with van der Waals surface area (Å²) in [4.78, 5) is 57.2. The Morgan fingerprint density at radius 2 is 1.94 bits per heavy atom. The predicted octanol–water partition coefficient (Wildman–Crippen LogP) is -3.57. The maximum Gasteiger partial charge on any atom is 2.00 e. The van der Waals surface area contributed by atoms with Gasteiger partial charge in [-0.3, -0.25) is 14.6 Å². The second-order valence-electron chi connectivity index (χ2n) is 7.82. The average Bonchev–Trinajstić information content (AvgIpc) is 3.20. The summed E-state index contributed by atoms with van der Waals surface area (Å²) in [7, 11) is 0. The minimum atomic E-state index is -1.57. The fraction of sp³-hybridized carbons (Fsp3) is 0.350. The van der Waals surface area contributed by atoms with Crippen molar-refractivity contribution in [1.82, 2.24) is 15.3 Å². The van der Waals surface area contributed by atoms with Crippen molar-refractivity contribution in [3.05, 3.63) is 40.2 Å². The quantitative estimate of drug-likeness (QED) is 0.277. The Labute approximate surface area is 223 Å². The number of anilines is 4. The summed E-state index contributed by atoms with van der Waals surface area (Å²) in [6.07, 6.45) is -0.859. The summed E-state index contributed by atoms with van der Waals surface area (Å²) in [5, 5.41) is 27.1. The van der Waals surface area contributed by atoms with Gasteiger partial charge in [-0.15, -0.1) is 0 Å². The number of nitrogens with one attached hydrogen (secondary N) is 3. The number of carboxylic acid groups (broad SMARTS) is 2. The van der Waals surface area contributed by atoms with E-state index in [-0.39, 0.29) is 67.3 Å². The number of rotatable bonds is 7. The molecule has 34 heavy (non-hydrogen) atoms. The van der Waals surface area contributed by atoms with E-state index in [1.54, 1.807) is 12.1 Å². The molecule has 2 aliphatic rings. The van der Waals surface area contributed by atoms with Gasteiger partial charge in [0.05, 0.1) is 24.7 Å². The molecule has 1 aromatic heterocycles. The number of fused-ring (bicyclic) bond motifs is 3. The molecule has 3 heterocycles. The number of aromatic amines is 1. The molecule has 0 radical (unpaired) electrons. The van der Waals surface area contributed by atoms with Crippen LogP contribution in [-0.4, -0.2) is 97.4 Å². The van der Waals surface area contributed by atoms with Gasteiger partial charge >= 0.3 is 37.7 Å². The molecule has 0 bridgehead atoms. The number of H-pyrrole nitrogens is 1. The van der Waals surface area contributed by atoms with Crippen LogP contribution in [0.15, 0.2) is 29.1 Å². The predicted molar refractivity (Wildman–Crippen MR) is 119 cm³/mol. The zero-order valence-corrected chi connectivity index (χ0v) is 20.3. The molecule has 2 atom stereocenters. The summed E-state index contributed by atoms with van der Waals surface area (Å²) in [6.45, 7) is 1.63. The summed E-state index contributed by atoms with van der Waals surface area (Å²) in [6, 6.07) is 5.07. The molecular weight excluding hydrogens is 474 g/mol. The fourth-order valence-electron chi connectivity index (χ4n) is 3.99. The Balaban J connectivity index is 0.00000324. The van der Waals surface area contributed by atoms with Gasteiger partial charge in [0.25, 0.3) is 11.5 Å². The third-order valence-electron chi connectivity index (χ3n) is 5.62. The van der Waals surface area contributed by atoms with E-state index in [0.717, 1.165) is 5.69 Å². The van der Waals surface area contributed by atoms with Crippen molar-refractivity contribution in [3.8, 4) is 0 Å². The van der Waals surface area contributed by atoms with Crippen LogP contribution in [-0.2, 0) is 9.59 Å². The van der Waals surface area contributed by atoms with Crippen molar-refractivity contribution in [3.63, 3.8) is 0 Å². The number of carbonyl (C=O) groups excluding carboxylic acids is 3.